The summed E-state index contributed by atoms with van der Waals surface area (Å²) in [4.78, 5) is 14.6. The second-order valence-electron chi connectivity index (χ2n) is 4.13. The van der Waals surface area contributed by atoms with Crippen LogP contribution in [0.15, 0.2) is 18.2 Å². The first-order chi connectivity index (χ1) is 9.60. The molecule has 2 aromatic rings. The van der Waals surface area contributed by atoms with Crippen LogP contribution in [0.3, 0.4) is 0 Å². The first-order valence-corrected chi connectivity index (χ1v) is 6.24. The molecule has 1 aromatic heterocycles. The number of nitro benzene ring substituents is 1. The van der Waals surface area contributed by atoms with E-state index < -0.39 is 4.92 Å². The van der Waals surface area contributed by atoms with Crippen LogP contribution in [0.1, 0.15) is 31.1 Å². The average molecular weight is 271 g/mol. The summed E-state index contributed by atoms with van der Waals surface area (Å²) in [5, 5.41) is 24.3. The number of nitro groups is 1. The Morgan fingerprint density at radius 3 is 2.70 bits per heavy atom. The standard InChI is InChI=1S/C13H13N5O2/c1-3-12-15-13(4-2)17(16-12)11-6-5-10(18(19)20)7-9(11)8-14/h5-7H,3-4H2,1-2H3. The molecule has 1 aromatic carbocycles. The number of rotatable bonds is 4. The molecule has 0 atom stereocenters. The van der Waals surface area contributed by atoms with Gasteiger partial charge in [0.15, 0.2) is 5.82 Å². The molecule has 0 spiro atoms. The Kier molecular flexibility index (Phi) is 3.75. The Labute approximate surface area is 115 Å². The minimum Gasteiger partial charge on any atom is -0.258 e. The quantitative estimate of drug-likeness (QED) is 0.627. The van der Waals surface area contributed by atoms with Crippen LogP contribution in [0.2, 0.25) is 0 Å². The minimum atomic E-state index is -0.524. The van der Waals surface area contributed by atoms with E-state index in [1.54, 1.807) is 4.68 Å². The lowest BCUT2D eigenvalue weighted by molar-refractivity contribution is -0.384. The Morgan fingerprint density at radius 1 is 1.40 bits per heavy atom. The number of aryl methyl sites for hydroxylation is 2. The topological polar surface area (TPSA) is 97.6 Å². The van der Waals surface area contributed by atoms with Crippen molar-refractivity contribution >= 4 is 5.69 Å². The van der Waals surface area contributed by atoms with Crippen LogP contribution in [-0.4, -0.2) is 19.7 Å². The molecule has 7 heteroatoms. The van der Waals surface area contributed by atoms with Crippen LogP contribution in [-0.2, 0) is 12.8 Å². The van der Waals surface area contributed by atoms with Crippen molar-refractivity contribution in [1.82, 2.24) is 14.8 Å². The molecule has 1 heterocycles. The molecule has 0 saturated carbocycles. The molecule has 0 aliphatic heterocycles. The molecule has 0 aliphatic rings. The molecule has 0 radical (unpaired) electrons. The number of benzene rings is 1. The van der Waals surface area contributed by atoms with Crippen LogP contribution in [0, 0.1) is 21.4 Å². The number of nitrogens with zero attached hydrogens (tertiary/aromatic N) is 5. The zero-order valence-corrected chi connectivity index (χ0v) is 11.2. The van der Waals surface area contributed by atoms with Crippen molar-refractivity contribution in [3.63, 3.8) is 0 Å². The van der Waals surface area contributed by atoms with Gasteiger partial charge in [0.25, 0.3) is 5.69 Å². The third kappa shape index (κ3) is 2.36. The molecule has 0 N–H and O–H groups in total. The highest BCUT2D eigenvalue weighted by Crippen LogP contribution is 2.21. The maximum absolute atomic E-state index is 10.8. The molecule has 0 aliphatic carbocycles. The molecule has 20 heavy (non-hydrogen) atoms. The van der Waals surface area contributed by atoms with E-state index in [0.29, 0.717) is 24.4 Å². The van der Waals surface area contributed by atoms with Crippen LogP contribution in [0.5, 0.6) is 0 Å². The minimum absolute atomic E-state index is 0.112. The van der Waals surface area contributed by atoms with E-state index >= 15 is 0 Å². The first-order valence-electron chi connectivity index (χ1n) is 6.24. The van der Waals surface area contributed by atoms with Gasteiger partial charge in [-0.3, -0.25) is 10.1 Å². The summed E-state index contributed by atoms with van der Waals surface area (Å²) >= 11 is 0. The van der Waals surface area contributed by atoms with Crippen molar-refractivity contribution in [3.05, 3.63) is 45.5 Å². The van der Waals surface area contributed by atoms with Gasteiger partial charge in [-0.05, 0) is 6.07 Å². The lowest BCUT2D eigenvalue weighted by atomic mass is 10.1. The molecular formula is C13H13N5O2. The van der Waals surface area contributed by atoms with E-state index in [9.17, 15) is 15.4 Å². The monoisotopic (exact) mass is 271 g/mol. The van der Waals surface area contributed by atoms with E-state index in [4.69, 9.17) is 0 Å². The fourth-order valence-electron chi connectivity index (χ4n) is 1.88. The second kappa shape index (κ2) is 5.48. The number of non-ortho nitro benzene ring substituents is 1. The summed E-state index contributed by atoms with van der Waals surface area (Å²) in [6.45, 7) is 3.89. The lowest BCUT2D eigenvalue weighted by Gasteiger charge is -2.06. The molecule has 0 fully saturated rings. The Bertz CT molecular complexity index is 699. The van der Waals surface area contributed by atoms with E-state index in [0.717, 1.165) is 5.82 Å². The third-order valence-electron chi connectivity index (χ3n) is 2.89. The van der Waals surface area contributed by atoms with Gasteiger partial charge in [0.05, 0.1) is 16.2 Å². The summed E-state index contributed by atoms with van der Waals surface area (Å²) in [5.74, 6) is 1.41. The summed E-state index contributed by atoms with van der Waals surface area (Å²) in [7, 11) is 0. The average Bonchev–Trinajstić information content (AvgIpc) is 2.89. The van der Waals surface area contributed by atoms with E-state index in [2.05, 4.69) is 10.1 Å². The van der Waals surface area contributed by atoms with Gasteiger partial charge in [0.1, 0.15) is 11.9 Å². The zero-order valence-electron chi connectivity index (χ0n) is 11.2. The third-order valence-corrected chi connectivity index (χ3v) is 2.89. The Morgan fingerprint density at radius 2 is 2.15 bits per heavy atom. The zero-order chi connectivity index (χ0) is 14.7. The maximum atomic E-state index is 10.8. The Hall–Kier alpha value is -2.75. The van der Waals surface area contributed by atoms with E-state index in [1.165, 1.54) is 18.2 Å². The van der Waals surface area contributed by atoms with Crippen LogP contribution < -0.4 is 0 Å². The van der Waals surface area contributed by atoms with Crippen molar-refractivity contribution in [1.29, 1.82) is 5.26 Å². The highest BCUT2D eigenvalue weighted by Gasteiger charge is 2.16. The number of hydrogen-bond donors (Lipinski definition) is 0. The van der Waals surface area contributed by atoms with Gasteiger partial charge in [0.2, 0.25) is 0 Å². The van der Waals surface area contributed by atoms with Gasteiger partial charge in [-0.2, -0.15) is 10.4 Å². The predicted molar refractivity (Wildman–Crippen MR) is 71.5 cm³/mol. The van der Waals surface area contributed by atoms with Gasteiger partial charge in [0, 0.05) is 25.0 Å². The fourth-order valence-corrected chi connectivity index (χ4v) is 1.88. The highest BCUT2D eigenvalue weighted by atomic mass is 16.6. The maximum Gasteiger partial charge on any atom is 0.270 e. The first kappa shape index (κ1) is 13.7. The smallest absolute Gasteiger partial charge is 0.258 e. The molecule has 2 rings (SSSR count). The predicted octanol–water partition coefficient (Wildman–Crippen LogP) is 2.17. The summed E-state index contributed by atoms with van der Waals surface area (Å²) in [6, 6.07) is 6.12. The van der Waals surface area contributed by atoms with E-state index in [-0.39, 0.29) is 11.3 Å². The Balaban J connectivity index is 2.61. The van der Waals surface area contributed by atoms with Crippen molar-refractivity contribution in [3.8, 4) is 11.8 Å². The van der Waals surface area contributed by atoms with Gasteiger partial charge in [-0.1, -0.05) is 13.8 Å². The van der Waals surface area contributed by atoms with Gasteiger partial charge in [-0.15, -0.1) is 0 Å². The molecule has 0 bridgehead atoms. The largest absolute Gasteiger partial charge is 0.270 e. The number of nitriles is 1. The van der Waals surface area contributed by atoms with Crippen LogP contribution in [0.4, 0.5) is 5.69 Å². The fraction of sp³-hybridized carbons (Fsp3) is 0.308. The van der Waals surface area contributed by atoms with Crippen LogP contribution >= 0.6 is 0 Å². The van der Waals surface area contributed by atoms with Gasteiger partial charge in [-0.25, -0.2) is 9.67 Å². The van der Waals surface area contributed by atoms with Crippen molar-refractivity contribution in [2.24, 2.45) is 0 Å². The number of hydrogen-bond acceptors (Lipinski definition) is 5. The molecular weight excluding hydrogens is 258 g/mol. The summed E-state index contributed by atoms with van der Waals surface area (Å²) in [5.41, 5.74) is 0.614. The second-order valence-corrected chi connectivity index (χ2v) is 4.13. The lowest BCUT2D eigenvalue weighted by Crippen LogP contribution is -2.05. The number of aromatic nitrogens is 3. The summed E-state index contributed by atoms with van der Waals surface area (Å²) in [6.07, 6.45) is 1.35. The van der Waals surface area contributed by atoms with Crippen molar-refractivity contribution < 1.29 is 4.92 Å². The van der Waals surface area contributed by atoms with Crippen molar-refractivity contribution in [2.45, 2.75) is 26.7 Å². The molecule has 7 nitrogen and oxygen atoms in total. The SMILES string of the molecule is CCc1nc(CC)n(-c2ccc([N+](=O)[O-])cc2C#N)n1. The summed E-state index contributed by atoms with van der Waals surface area (Å²) < 4.78 is 1.58. The molecule has 0 saturated heterocycles. The normalized spacial score (nSPS) is 10.2. The van der Waals surface area contributed by atoms with Gasteiger partial charge < -0.3 is 0 Å². The highest BCUT2D eigenvalue weighted by molar-refractivity contribution is 5.54. The molecule has 0 amide bonds. The molecule has 102 valence electrons. The van der Waals surface area contributed by atoms with E-state index in [1.807, 2.05) is 19.9 Å². The van der Waals surface area contributed by atoms with Crippen molar-refractivity contribution in [2.75, 3.05) is 0 Å². The van der Waals surface area contributed by atoms with Crippen LogP contribution in [0.25, 0.3) is 5.69 Å². The molecule has 0 unspecified atom stereocenters. The van der Waals surface area contributed by atoms with Gasteiger partial charge >= 0.3 is 0 Å².